The van der Waals surface area contributed by atoms with Crippen molar-refractivity contribution in [3.63, 3.8) is 0 Å². The van der Waals surface area contributed by atoms with Crippen molar-refractivity contribution in [1.82, 2.24) is 5.32 Å². The van der Waals surface area contributed by atoms with Crippen LogP contribution in [-0.4, -0.2) is 13.1 Å². The summed E-state index contributed by atoms with van der Waals surface area (Å²) in [4.78, 5) is 0. The van der Waals surface area contributed by atoms with E-state index < -0.39 is 0 Å². The van der Waals surface area contributed by atoms with Gasteiger partial charge in [-0.1, -0.05) is 0 Å². The Hall–Kier alpha value is -0.800. The molecule has 0 unspecified atom stereocenters. The van der Waals surface area contributed by atoms with Gasteiger partial charge in [-0.15, -0.1) is 0 Å². The molecule has 1 rings (SSSR count). The second-order valence-electron chi connectivity index (χ2n) is 2.47. The van der Waals surface area contributed by atoms with Crippen molar-refractivity contribution in [2.75, 3.05) is 13.1 Å². The van der Waals surface area contributed by atoms with Crippen LogP contribution in [0.2, 0.25) is 0 Å². The van der Waals surface area contributed by atoms with Crippen LogP contribution >= 0.6 is 0 Å². The molecule has 0 aliphatic heterocycles. The first-order valence-corrected chi connectivity index (χ1v) is 3.78. The summed E-state index contributed by atoms with van der Waals surface area (Å²) in [6, 6.07) is 1.97. The molecule has 0 amide bonds. The number of aryl methyl sites for hydroxylation is 1. The SMILES string of the molecule is Cc1occc1CNCCN. The molecule has 0 aliphatic rings. The Morgan fingerprint density at radius 3 is 3.00 bits per heavy atom. The van der Waals surface area contributed by atoms with E-state index in [1.54, 1.807) is 6.26 Å². The molecule has 0 aromatic carbocycles. The van der Waals surface area contributed by atoms with Gasteiger partial charge in [0.05, 0.1) is 6.26 Å². The molecule has 0 fully saturated rings. The van der Waals surface area contributed by atoms with Crippen molar-refractivity contribution < 1.29 is 4.42 Å². The number of hydrogen-bond acceptors (Lipinski definition) is 3. The second-order valence-corrected chi connectivity index (χ2v) is 2.47. The van der Waals surface area contributed by atoms with Gasteiger partial charge in [0.2, 0.25) is 0 Å². The summed E-state index contributed by atoms with van der Waals surface area (Å²) >= 11 is 0. The van der Waals surface area contributed by atoms with Crippen LogP contribution in [-0.2, 0) is 6.54 Å². The maximum atomic E-state index is 5.32. The summed E-state index contributed by atoms with van der Waals surface area (Å²) < 4.78 is 5.12. The first-order chi connectivity index (χ1) is 5.34. The van der Waals surface area contributed by atoms with Crippen LogP contribution < -0.4 is 11.1 Å². The fourth-order valence-corrected chi connectivity index (χ4v) is 0.920. The Kier molecular flexibility index (Phi) is 3.14. The summed E-state index contributed by atoms with van der Waals surface area (Å²) in [5.74, 6) is 0.981. The minimum absolute atomic E-state index is 0.677. The van der Waals surface area contributed by atoms with E-state index in [1.165, 1.54) is 5.56 Å². The number of nitrogens with one attached hydrogen (secondary N) is 1. The number of hydrogen-bond donors (Lipinski definition) is 2. The zero-order chi connectivity index (χ0) is 8.10. The van der Waals surface area contributed by atoms with Crippen molar-refractivity contribution >= 4 is 0 Å². The number of furan rings is 1. The first kappa shape index (κ1) is 8.30. The molecule has 3 heteroatoms. The van der Waals surface area contributed by atoms with Crippen LogP contribution in [0.4, 0.5) is 0 Å². The highest BCUT2D eigenvalue weighted by atomic mass is 16.3. The molecule has 0 radical (unpaired) electrons. The van der Waals surface area contributed by atoms with E-state index in [0.717, 1.165) is 18.8 Å². The summed E-state index contributed by atoms with van der Waals surface area (Å²) in [6.07, 6.45) is 1.70. The second kappa shape index (κ2) is 4.16. The van der Waals surface area contributed by atoms with E-state index in [2.05, 4.69) is 5.32 Å². The fraction of sp³-hybridized carbons (Fsp3) is 0.500. The quantitative estimate of drug-likeness (QED) is 0.626. The Morgan fingerprint density at radius 2 is 2.45 bits per heavy atom. The molecule has 0 bridgehead atoms. The normalized spacial score (nSPS) is 10.4. The molecule has 0 aliphatic carbocycles. The lowest BCUT2D eigenvalue weighted by molar-refractivity contribution is 0.526. The maximum Gasteiger partial charge on any atom is 0.105 e. The molecule has 0 atom stereocenters. The standard InChI is InChI=1S/C8H14N2O/c1-7-8(2-5-11-7)6-10-4-3-9/h2,5,10H,3-4,6,9H2,1H3. The molecule has 0 spiro atoms. The highest BCUT2D eigenvalue weighted by Crippen LogP contribution is 2.07. The van der Waals surface area contributed by atoms with E-state index in [9.17, 15) is 0 Å². The van der Waals surface area contributed by atoms with Crippen molar-refractivity contribution in [3.8, 4) is 0 Å². The topological polar surface area (TPSA) is 51.2 Å². The van der Waals surface area contributed by atoms with Gasteiger partial charge in [0, 0.05) is 25.2 Å². The highest BCUT2D eigenvalue weighted by Gasteiger charge is 1.98. The fourth-order valence-electron chi connectivity index (χ4n) is 0.920. The van der Waals surface area contributed by atoms with Gasteiger partial charge in [0.15, 0.2) is 0 Å². The number of rotatable bonds is 4. The molecule has 0 saturated heterocycles. The predicted octanol–water partition coefficient (Wildman–Crippen LogP) is 0.636. The zero-order valence-corrected chi connectivity index (χ0v) is 6.76. The van der Waals surface area contributed by atoms with Gasteiger partial charge in [0.25, 0.3) is 0 Å². The summed E-state index contributed by atoms with van der Waals surface area (Å²) in [5.41, 5.74) is 6.53. The molecule has 62 valence electrons. The molecular formula is C8H14N2O. The van der Waals surface area contributed by atoms with Gasteiger partial charge < -0.3 is 15.5 Å². The third-order valence-electron chi connectivity index (χ3n) is 1.60. The Bertz CT molecular complexity index is 208. The van der Waals surface area contributed by atoms with Gasteiger partial charge >= 0.3 is 0 Å². The maximum absolute atomic E-state index is 5.32. The lowest BCUT2D eigenvalue weighted by Gasteiger charge is -1.99. The van der Waals surface area contributed by atoms with E-state index in [-0.39, 0.29) is 0 Å². The van der Waals surface area contributed by atoms with Gasteiger partial charge in [-0.25, -0.2) is 0 Å². The van der Waals surface area contributed by atoms with Crippen LogP contribution in [0, 0.1) is 6.92 Å². The monoisotopic (exact) mass is 154 g/mol. The molecule has 1 aromatic heterocycles. The minimum Gasteiger partial charge on any atom is -0.469 e. The van der Waals surface area contributed by atoms with Gasteiger partial charge in [0.1, 0.15) is 5.76 Å². The molecule has 1 heterocycles. The van der Waals surface area contributed by atoms with E-state index in [1.807, 2.05) is 13.0 Å². The molecule has 3 nitrogen and oxygen atoms in total. The third-order valence-corrected chi connectivity index (χ3v) is 1.60. The Balaban J connectivity index is 2.32. The minimum atomic E-state index is 0.677. The van der Waals surface area contributed by atoms with Crippen molar-refractivity contribution in [2.45, 2.75) is 13.5 Å². The predicted molar refractivity (Wildman–Crippen MR) is 44.2 cm³/mol. The summed E-state index contributed by atoms with van der Waals surface area (Å²) in [5, 5.41) is 3.19. The van der Waals surface area contributed by atoms with Gasteiger partial charge in [-0.05, 0) is 13.0 Å². The van der Waals surface area contributed by atoms with Crippen LogP contribution in [0.1, 0.15) is 11.3 Å². The largest absolute Gasteiger partial charge is 0.469 e. The molecule has 3 N–H and O–H groups in total. The number of nitrogens with two attached hydrogens (primary N) is 1. The zero-order valence-electron chi connectivity index (χ0n) is 6.76. The Labute approximate surface area is 66.6 Å². The molecule has 11 heavy (non-hydrogen) atoms. The lowest BCUT2D eigenvalue weighted by Crippen LogP contribution is -2.21. The van der Waals surface area contributed by atoms with Crippen LogP contribution in [0.3, 0.4) is 0 Å². The van der Waals surface area contributed by atoms with Crippen LogP contribution in [0.5, 0.6) is 0 Å². The van der Waals surface area contributed by atoms with Crippen LogP contribution in [0.15, 0.2) is 16.7 Å². The first-order valence-electron chi connectivity index (χ1n) is 3.78. The van der Waals surface area contributed by atoms with Gasteiger partial charge in [-0.3, -0.25) is 0 Å². The molecular weight excluding hydrogens is 140 g/mol. The summed E-state index contributed by atoms with van der Waals surface area (Å²) in [6.45, 7) is 4.33. The van der Waals surface area contributed by atoms with Crippen LogP contribution in [0.25, 0.3) is 0 Å². The van der Waals surface area contributed by atoms with E-state index in [4.69, 9.17) is 10.2 Å². The van der Waals surface area contributed by atoms with E-state index >= 15 is 0 Å². The lowest BCUT2D eigenvalue weighted by atomic mass is 10.2. The van der Waals surface area contributed by atoms with Crippen molar-refractivity contribution in [1.29, 1.82) is 0 Å². The smallest absolute Gasteiger partial charge is 0.105 e. The van der Waals surface area contributed by atoms with Crippen molar-refractivity contribution in [2.24, 2.45) is 5.73 Å². The average Bonchev–Trinajstić information content (AvgIpc) is 2.37. The van der Waals surface area contributed by atoms with E-state index in [0.29, 0.717) is 6.54 Å². The van der Waals surface area contributed by atoms with Gasteiger partial charge in [-0.2, -0.15) is 0 Å². The average molecular weight is 154 g/mol. The summed E-state index contributed by atoms with van der Waals surface area (Å²) in [7, 11) is 0. The highest BCUT2D eigenvalue weighted by molar-refractivity contribution is 5.14. The van der Waals surface area contributed by atoms with Crippen molar-refractivity contribution in [3.05, 3.63) is 23.7 Å². The third kappa shape index (κ3) is 2.37. The molecule has 1 aromatic rings. The Morgan fingerprint density at radius 1 is 1.64 bits per heavy atom. The molecule has 0 saturated carbocycles.